The van der Waals surface area contributed by atoms with E-state index in [9.17, 15) is 9.59 Å². The molecule has 0 radical (unpaired) electrons. The van der Waals surface area contributed by atoms with Crippen LogP contribution in [0.3, 0.4) is 0 Å². The molecule has 1 N–H and O–H groups in total. The van der Waals surface area contributed by atoms with Crippen molar-refractivity contribution in [3.63, 3.8) is 0 Å². The number of para-hydroxylation sites is 1. The van der Waals surface area contributed by atoms with E-state index in [-0.39, 0.29) is 24.2 Å². The molecule has 1 aliphatic heterocycles. The van der Waals surface area contributed by atoms with Gasteiger partial charge in [-0.1, -0.05) is 61.8 Å². The number of amides is 2. The lowest BCUT2D eigenvalue weighted by Gasteiger charge is -2.18. The number of halogens is 1. The van der Waals surface area contributed by atoms with E-state index in [1.165, 1.54) is 5.56 Å². The summed E-state index contributed by atoms with van der Waals surface area (Å²) >= 11 is 6.20. The maximum absolute atomic E-state index is 12.6. The molecule has 1 aliphatic rings. The minimum atomic E-state index is -0.360. The summed E-state index contributed by atoms with van der Waals surface area (Å²) < 4.78 is 0. The van der Waals surface area contributed by atoms with Crippen LogP contribution >= 0.6 is 11.6 Å². The minimum Gasteiger partial charge on any atom is -0.352 e. The smallest absolute Gasteiger partial charge is 0.227 e. The highest BCUT2D eigenvalue weighted by atomic mass is 35.5. The minimum absolute atomic E-state index is 0.0704. The molecule has 0 saturated carbocycles. The molecule has 1 heterocycles. The van der Waals surface area contributed by atoms with Gasteiger partial charge in [-0.25, -0.2) is 0 Å². The Balaban J connectivity index is 1.53. The van der Waals surface area contributed by atoms with Gasteiger partial charge in [0.2, 0.25) is 11.8 Å². The van der Waals surface area contributed by atoms with E-state index in [0.717, 1.165) is 25.2 Å². The van der Waals surface area contributed by atoms with Gasteiger partial charge in [-0.05, 0) is 36.3 Å². The van der Waals surface area contributed by atoms with Crippen LogP contribution in [0.2, 0.25) is 5.02 Å². The van der Waals surface area contributed by atoms with Crippen molar-refractivity contribution in [1.82, 2.24) is 10.2 Å². The maximum Gasteiger partial charge on any atom is 0.227 e. The Hall–Kier alpha value is -2.37. The lowest BCUT2D eigenvalue weighted by Crippen LogP contribution is -2.32. The van der Waals surface area contributed by atoms with E-state index in [2.05, 4.69) is 48.3 Å². The third-order valence-electron chi connectivity index (χ3n) is 5.43. The second-order valence-electron chi connectivity index (χ2n) is 7.35. The molecule has 5 nitrogen and oxygen atoms in total. The van der Waals surface area contributed by atoms with Crippen LogP contribution in [0.5, 0.6) is 0 Å². The van der Waals surface area contributed by atoms with E-state index >= 15 is 0 Å². The molecule has 6 heteroatoms. The fourth-order valence-electron chi connectivity index (χ4n) is 3.59. The summed E-state index contributed by atoms with van der Waals surface area (Å²) in [5, 5.41) is 3.49. The fraction of sp³-hybridized carbons (Fsp3) is 0.391. The fourth-order valence-corrected chi connectivity index (χ4v) is 3.83. The molecule has 1 atom stereocenters. The molecule has 0 bridgehead atoms. The van der Waals surface area contributed by atoms with Gasteiger partial charge in [-0.15, -0.1) is 0 Å². The van der Waals surface area contributed by atoms with Gasteiger partial charge in [-0.3, -0.25) is 14.5 Å². The average Bonchev–Trinajstić information content (AvgIpc) is 3.13. The Morgan fingerprint density at radius 3 is 2.41 bits per heavy atom. The van der Waals surface area contributed by atoms with Crippen LogP contribution in [-0.4, -0.2) is 36.3 Å². The largest absolute Gasteiger partial charge is 0.352 e. The molecule has 0 spiro atoms. The van der Waals surface area contributed by atoms with Crippen LogP contribution in [0.1, 0.15) is 31.4 Å². The number of carbonyl (C=O) groups is 2. The third-order valence-corrected chi connectivity index (χ3v) is 5.75. The van der Waals surface area contributed by atoms with E-state index < -0.39 is 0 Å². The number of nitrogens with one attached hydrogen (secondary N) is 1. The van der Waals surface area contributed by atoms with Crippen molar-refractivity contribution in [1.29, 1.82) is 0 Å². The topological polar surface area (TPSA) is 52.7 Å². The Kier molecular flexibility index (Phi) is 7.29. The normalized spacial score (nSPS) is 16.5. The molecule has 154 valence electrons. The first-order valence-electron chi connectivity index (χ1n) is 10.1. The molecule has 0 aromatic heterocycles. The van der Waals surface area contributed by atoms with Crippen molar-refractivity contribution < 1.29 is 9.59 Å². The summed E-state index contributed by atoms with van der Waals surface area (Å²) in [6, 6.07) is 15.5. The number of carbonyl (C=O) groups excluding carboxylic acids is 2. The number of benzene rings is 2. The van der Waals surface area contributed by atoms with Crippen molar-refractivity contribution in [3.8, 4) is 0 Å². The van der Waals surface area contributed by atoms with Crippen LogP contribution in [-0.2, 0) is 22.7 Å². The van der Waals surface area contributed by atoms with E-state index in [4.69, 9.17) is 11.6 Å². The third kappa shape index (κ3) is 5.37. The van der Waals surface area contributed by atoms with Gasteiger partial charge in [0.25, 0.3) is 0 Å². The zero-order valence-electron chi connectivity index (χ0n) is 17.0. The van der Waals surface area contributed by atoms with Gasteiger partial charge in [0.1, 0.15) is 0 Å². The van der Waals surface area contributed by atoms with Crippen molar-refractivity contribution in [2.75, 3.05) is 24.5 Å². The van der Waals surface area contributed by atoms with Gasteiger partial charge in [0.15, 0.2) is 0 Å². The molecular formula is C23H28ClN3O2. The zero-order chi connectivity index (χ0) is 20.8. The van der Waals surface area contributed by atoms with Gasteiger partial charge >= 0.3 is 0 Å². The van der Waals surface area contributed by atoms with Crippen molar-refractivity contribution in [2.45, 2.75) is 33.4 Å². The average molecular weight is 414 g/mol. The van der Waals surface area contributed by atoms with Crippen molar-refractivity contribution in [2.24, 2.45) is 5.92 Å². The second kappa shape index (κ2) is 9.90. The lowest BCUT2D eigenvalue weighted by atomic mass is 10.1. The molecule has 3 rings (SSSR count). The van der Waals surface area contributed by atoms with E-state index in [1.807, 2.05) is 12.1 Å². The highest BCUT2D eigenvalue weighted by Crippen LogP contribution is 2.31. The van der Waals surface area contributed by atoms with Crippen LogP contribution in [0, 0.1) is 5.92 Å². The molecule has 1 saturated heterocycles. The summed E-state index contributed by atoms with van der Waals surface area (Å²) in [6.45, 7) is 8.13. The quantitative estimate of drug-likeness (QED) is 0.715. The number of hydrogen-bond donors (Lipinski definition) is 1. The summed E-state index contributed by atoms with van der Waals surface area (Å²) in [5.74, 6) is -0.528. The SMILES string of the molecule is CCN(CC)Cc1ccc(CNC(=O)C2CC(=O)N(c3ccccc3Cl)C2)cc1. The lowest BCUT2D eigenvalue weighted by molar-refractivity contribution is -0.126. The Bertz CT molecular complexity index is 849. The molecule has 1 unspecified atom stereocenters. The highest BCUT2D eigenvalue weighted by molar-refractivity contribution is 6.33. The van der Waals surface area contributed by atoms with Crippen LogP contribution in [0.25, 0.3) is 0 Å². The van der Waals surface area contributed by atoms with Crippen LogP contribution in [0.15, 0.2) is 48.5 Å². The predicted octanol–water partition coefficient (Wildman–Crippen LogP) is 3.85. The summed E-state index contributed by atoms with van der Waals surface area (Å²) in [4.78, 5) is 28.9. The number of nitrogens with zero attached hydrogens (tertiary/aromatic N) is 2. The number of hydrogen-bond acceptors (Lipinski definition) is 3. The molecule has 2 amide bonds. The second-order valence-corrected chi connectivity index (χ2v) is 7.76. The first kappa shape index (κ1) is 21.3. The first-order chi connectivity index (χ1) is 14.0. The van der Waals surface area contributed by atoms with E-state index in [0.29, 0.717) is 23.8 Å². The number of anilines is 1. The van der Waals surface area contributed by atoms with Gasteiger partial charge in [-0.2, -0.15) is 0 Å². The Labute approximate surface area is 177 Å². The van der Waals surface area contributed by atoms with Crippen LogP contribution in [0.4, 0.5) is 5.69 Å². The summed E-state index contributed by atoms with van der Waals surface area (Å²) in [5.41, 5.74) is 2.98. The van der Waals surface area contributed by atoms with Crippen LogP contribution < -0.4 is 10.2 Å². The monoisotopic (exact) mass is 413 g/mol. The van der Waals surface area contributed by atoms with Gasteiger partial charge < -0.3 is 10.2 Å². The molecular weight excluding hydrogens is 386 g/mol. The van der Waals surface area contributed by atoms with Gasteiger partial charge in [0.05, 0.1) is 16.6 Å². The molecule has 2 aromatic rings. The first-order valence-corrected chi connectivity index (χ1v) is 10.5. The summed E-state index contributed by atoms with van der Waals surface area (Å²) in [7, 11) is 0. The van der Waals surface area contributed by atoms with Crippen molar-refractivity contribution >= 4 is 29.1 Å². The standard InChI is InChI=1S/C23H28ClN3O2/c1-3-26(4-2)15-18-11-9-17(10-12-18)14-25-23(29)19-13-22(28)27(16-19)21-8-6-5-7-20(21)24/h5-12,19H,3-4,13-16H2,1-2H3,(H,25,29). The Morgan fingerprint density at radius 1 is 1.10 bits per heavy atom. The zero-order valence-corrected chi connectivity index (χ0v) is 17.8. The molecule has 1 fully saturated rings. The Morgan fingerprint density at radius 2 is 1.76 bits per heavy atom. The molecule has 0 aliphatic carbocycles. The predicted molar refractivity (Wildman–Crippen MR) is 117 cm³/mol. The molecule has 29 heavy (non-hydrogen) atoms. The van der Waals surface area contributed by atoms with E-state index in [1.54, 1.807) is 17.0 Å². The summed E-state index contributed by atoms with van der Waals surface area (Å²) in [6.07, 6.45) is 0.208. The van der Waals surface area contributed by atoms with Gasteiger partial charge in [0, 0.05) is 26.1 Å². The maximum atomic E-state index is 12.6. The molecule has 2 aromatic carbocycles. The van der Waals surface area contributed by atoms with Crippen molar-refractivity contribution in [3.05, 3.63) is 64.7 Å². The number of rotatable bonds is 8. The highest BCUT2D eigenvalue weighted by Gasteiger charge is 2.35.